The second kappa shape index (κ2) is 130. The van der Waals surface area contributed by atoms with E-state index in [-0.39, 0.29) is 17.4 Å². The zero-order valence-corrected chi connectivity index (χ0v) is 11.8. The monoisotopic (exact) mass is 316 g/mol. The maximum Gasteiger partial charge on any atom is 0 e. The Morgan fingerprint density at radius 3 is 0.667 bits per heavy atom. The molecule has 0 amide bonds. The minimum absolute atomic E-state index is 0. The first-order chi connectivity index (χ1) is 8.35. The van der Waals surface area contributed by atoms with E-state index in [0.29, 0.717) is 0 Å². The molecular formula is C8H9CrO8P. The maximum absolute atomic E-state index is 7.50. The van der Waals surface area contributed by atoms with Crippen LogP contribution in [0.2, 0.25) is 0 Å². The van der Waals surface area contributed by atoms with Gasteiger partial charge in [0, 0.05) is 38.7 Å². The summed E-state index contributed by atoms with van der Waals surface area (Å²) in [7, 11) is 3.57. The van der Waals surface area contributed by atoms with E-state index < -0.39 is 8.60 Å². The topological polar surface area (TPSA) is 127 Å². The van der Waals surface area contributed by atoms with E-state index in [9.17, 15) is 0 Å². The van der Waals surface area contributed by atoms with Crippen LogP contribution in [0.3, 0.4) is 0 Å². The van der Waals surface area contributed by atoms with Gasteiger partial charge in [-0.2, -0.15) is 0 Å². The van der Waals surface area contributed by atoms with E-state index in [2.05, 4.69) is 46.8 Å². The van der Waals surface area contributed by atoms with E-state index in [4.69, 9.17) is 23.3 Å². The van der Waals surface area contributed by atoms with Gasteiger partial charge in [-0.3, -0.25) is 0 Å². The molecule has 0 bridgehead atoms. The molecule has 0 rings (SSSR count). The third-order valence-electron chi connectivity index (χ3n) is 0.447. The molecule has 0 unspecified atom stereocenters. The van der Waals surface area contributed by atoms with Crippen molar-refractivity contribution in [2.75, 3.05) is 21.3 Å². The fourth-order valence-electron chi connectivity index (χ4n) is 0.224. The van der Waals surface area contributed by atoms with Crippen LogP contribution in [-0.2, 0) is 54.2 Å². The smallest absolute Gasteiger partial charge is 0 e. The van der Waals surface area contributed by atoms with Crippen molar-refractivity contribution in [1.29, 1.82) is 0 Å². The van der Waals surface area contributed by atoms with Crippen LogP contribution < -0.4 is 0 Å². The van der Waals surface area contributed by atoms with Crippen molar-refractivity contribution in [2.45, 2.75) is 0 Å². The van der Waals surface area contributed by atoms with Crippen molar-refractivity contribution in [1.82, 2.24) is 0 Å². The third kappa shape index (κ3) is 107. The molecule has 0 aliphatic heterocycles. The predicted molar refractivity (Wildman–Crippen MR) is 47.6 cm³/mol. The van der Waals surface area contributed by atoms with Crippen molar-refractivity contribution in [3.05, 3.63) is 33.3 Å². The molecular weight excluding hydrogens is 307 g/mol. The molecule has 0 aromatic carbocycles. The minimum atomic E-state index is -1.05. The molecule has 0 atom stereocenters. The van der Waals surface area contributed by atoms with E-state index in [1.54, 1.807) is 21.3 Å². The molecule has 0 fully saturated rings. The molecule has 0 saturated heterocycles. The van der Waals surface area contributed by atoms with Crippen molar-refractivity contribution in [3.63, 3.8) is 0 Å². The third-order valence-corrected chi connectivity index (χ3v) is 1.34. The van der Waals surface area contributed by atoms with Gasteiger partial charge in [-0.1, -0.05) is 0 Å². The van der Waals surface area contributed by atoms with Crippen LogP contribution in [0, 0.1) is 33.3 Å². The Morgan fingerprint density at radius 1 is 0.556 bits per heavy atom. The number of rotatable bonds is 3. The molecule has 0 heterocycles. The van der Waals surface area contributed by atoms with Crippen LogP contribution in [0.15, 0.2) is 0 Å². The zero-order chi connectivity index (χ0) is 15.7. The minimum Gasteiger partial charge on any atom is 0 e. The average molecular weight is 316 g/mol. The van der Waals surface area contributed by atoms with E-state index in [1.165, 1.54) is 0 Å². The zero-order valence-electron chi connectivity index (χ0n) is 9.62. The maximum atomic E-state index is 7.50. The van der Waals surface area contributed by atoms with Gasteiger partial charge >= 0.3 is 65.1 Å². The van der Waals surface area contributed by atoms with Crippen LogP contribution >= 0.6 is 8.60 Å². The van der Waals surface area contributed by atoms with Crippen molar-refractivity contribution >= 4 is 8.60 Å². The Bertz CT molecular complexity index is 143. The first-order valence-corrected chi connectivity index (χ1v) is 3.89. The molecule has 0 spiro atoms. The van der Waals surface area contributed by atoms with Crippen LogP contribution in [0.5, 0.6) is 0 Å². The Labute approximate surface area is 118 Å². The molecule has 0 aromatic heterocycles. The second-order valence-corrected chi connectivity index (χ2v) is 2.31. The van der Waals surface area contributed by atoms with Gasteiger partial charge < -0.3 is 13.6 Å². The standard InChI is InChI=1S/C3H9O3P.5CO.Cr/c1-4-7(5-2)6-3;5*1-2;/h1-3H3;;;;;;. The van der Waals surface area contributed by atoms with Gasteiger partial charge in [0.05, 0.1) is 0 Å². The van der Waals surface area contributed by atoms with E-state index in [1.807, 2.05) is 0 Å². The number of hydrogen-bond donors (Lipinski definition) is 0. The van der Waals surface area contributed by atoms with Gasteiger partial charge in [0.15, 0.2) is 0 Å². The summed E-state index contributed by atoms with van der Waals surface area (Å²) in [6, 6.07) is 0. The molecule has 0 aromatic rings. The predicted octanol–water partition coefficient (Wildman–Crippen LogP) is 0.962. The fourth-order valence-corrected chi connectivity index (χ4v) is 0.671. The van der Waals surface area contributed by atoms with Crippen LogP contribution in [-0.4, -0.2) is 21.3 Å². The van der Waals surface area contributed by atoms with Crippen LogP contribution in [0.1, 0.15) is 0 Å². The molecule has 10 heteroatoms. The summed E-state index contributed by atoms with van der Waals surface area (Å²) in [4.78, 5) is 0. The molecule has 8 nitrogen and oxygen atoms in total. The summed E-state index contributed by atoms with van der Waals surface area (Å²) in [6.07, 6.45) is 0. The Hall–Kier alpha value is -0.458. The summed E-state index contributed by atoms with van der Waals surface area (Å²) in [5, 5.41) is 0. The van der Waals surface area contributed by atoms with Crippen molar-refractivity contribution in [3.8, 4) is 0 Å². The average Bonchev–Trinajstić information content (AvgIpc) is 2.51. The molecule has 18 heavy (non-hydrogen) atoms. The quantitative estimate of drug-likeness (QED) is 0.437. The summed E-state index contributed by atoms with van der Waals surface area (Å²) in [5.74, 6) is 0. The molecule has 0 saturated carbocycles. The van der Waals surface area contributed by atoms with Crippen LogP contribution in [0.25, 0.3) is 0 Å². The molecule has 0 aliphatic carbocycles. The Kier molecular flexibility index (Phi) is 312. The van der Waals surface area contributed by atoms with E-state index in [0.717, 1.165) is 0 Å². The summed E-state index contributed by atoms with van der Waals surface area (Å²) < 4.78 is 51.5. The van der Waals surface area contributed by atoms with Gasteiger partial charge in [0.1, 0.15) is 0 Å². The normalized spacial score (nSPS) is 4.56. The Balaban J connectivity index is -0.0000000189. The van der Waals surface area contributed by atoms with Gasteiger partial charge in [-0.25, -0.2) is 0 Å². The summed E-state index contributed by atoms with van der Waals surface area (Å²) in [5.41, 5.74) is 0. The Morgan fingerprint density at radius 2 is 0.667 bits per heavy atom. The molecule has 0 radical (unpaired) electrons. The first kappa shape index (κ1) is 43.2. The van der Waals surface area contributed by atoms with Gasteiger partial charge in [0.25, 0.3) is 0 Å². The molecule has 0 N–H and O–H groups in total. The summed E-state index contributed by atoms with van der Waals surface area (Å²) >= 11 is 0. The van der Waals surface area contributed by atoms with Crippen LogP contribution in [0.4, 0.5) is 0 Å². The SMILES string of the molecule is COP(OC)OC.[C-]#[O+].[C-]#[O+].[C-]#[O+].[C-]#[O+].[C-]#[O+].[Cr]. The van der Waals surface area contributed by atoms with Gasteiger partial charge in [-0.15, -0.1) is 0 Å². The summed E-state index contributed by atoms with van der Waals surface area (Å²) in [6.45, 7) is 22.5. The van der Waals surface area contributed by atoms with Gasteiger partial charge in [-0.05, 0) is 0 Å². The largest absolute Gasteiger partial charge is 0 e. The van der Waals surface area contributed by atoms with E-state index >= 15 is 0 Å². The number of hydrogen-bond acceptors (Lipinski definition) is 3. The van der Waals surface area contributed by atoms with Crippen molar-refractivity contribution < 1.29 is 54.2 Å². The fraction of sp³-hybridized carbons (Fsp3) is 0.375. The second-order valence-electron chi connectivity index (χ2n) is 0.771. The molecule has 100 valence electrons. The first-order valence-electron chi connectivity index (χ1n) is 2.79. The van der Waals surface area contributed by atoms with Crippen molar-refractivity contribution in [2.24, 2.45) is 0 Å². The van der Waals surface area contributed by atoms with Gasteiger partial charge in [0.2, 0.25) is 0 Å². The molecule has 0 aliphatic rings.